The van der Waals surface area contributed by atoms with Gasteiger partial charge in [-0.25, -0.2) is 0 Å². The zero-order chi connectivity index (χ0) is 14.5. The van der Waals surface area contributed by atoms with Gasteiger partial charge in [0.1, 0.15) is 5.54 Å². The van der Waals surface area contributed by atoms with E-state index in [1.54, 1.807) is 0 Å². The molecule has 0 heterocycles. The van der Waals surface area contributed by atoms with Gasteiger partial charge in [-0.15, -0.1) is 0 Å². The quantitative estimate of drug-likeness (QED) is 0.740. The molecular formula is C15H31N3O. The van der Waals surface area contributed by atoms with Crippen molar-refractivity contribution in [3.63, 3.8) is 0 Å². The van der Waals surface area contributed by atoms with E-state index < -0.39 is 5.54 Å². The Kier molecular flexibility index (Phi) is 5.81. The number of nitrogens with one attached hydrogen (secondary N) is 1. The van der Waals surface area contributed by atoms with E-state index in [0.29, 0.717) is 0 Å². The summed E-state index contributed by atoms with van der Waals surface area (Å²) in [6.45, 7) is 12.6. The van der Waals surface area contributed by atoms with Gasteiger partial charge in [0.15, 0.2) is 0 Å². The molecule has 4 nitrogen and oxygen atoms in total. The number of carbonyl (C=O) groups is 1. The van der Waals surface area contributed by atoms with Gasteiger partial charge in [0.25, 0.3) is 0 Å². The topological polar surface area (TPSA) is 58.4 Å². The highest BCUT2D eigenvalue weighted by atomic mass is 16.1. The number of nitrogens with zero attached hydrogens (tertiary/aromatic N) is 1. The molecule has 4 heteroatoms. The highest BCUT2D eigenvalue weighted by molar-refractivity contribution is 5.85. The van der Waals surface area contributed by atoms with E-state index in [1.165, 1.54) is 6.42 Å². The fourth-order valence-electron chi connectivity index (χ4n) is 3.35. The number of likely N-dealkylation sites (N-methyl/N-ethyl adjacent to an activating group) is 1. The van der Waals surface area contributed by atoms with Crippen molar-refractivity contribution in [1.29, 1.82) is 0 Å². The third-order valence-electron chi connectivity index (χ3n) is 4.93. The van der Waals surface area contributed by atoms with Crippen LogP contribution in [0.5, 0.6) is 0 Å². The minimum Gasteiger partial charge on any atom is -0.368 e. The Morgan fingerprint density at radius 3 is 2.26 bits per heavy atom. The lowest BCUT2D eigenvalue weighted by Crippen LogP contribution is -2.66. The van der Waals surface area contributed by atoms with E-state index in [4.69, 9.17) is 5.73 Å². The lowest BCUT2D eigenvalue weighted by Gasteiger charge is -2.48. The number of nitrogens with two attached hydrogens (primary N) is 1. The smallest absolute Gasteiger partial charge is 0.238 e. The molecular weight excluding hydrogens is 238 g/mol. The molecule has 0 spiro atoms. The first kappa shape index (κ1) is 16.4. The molecule has 0 aliphatic heterocycles. The second-order valence-electron chi connectivity index (χ2n) is 6.31. The maximum Gasteiger partial charge on any atom is 0.238 e. The van der Waals surface area contributed by atoms with Crippen molar-refractivity contribution in [2.45, 2.75) is 58.9 Å². The van der Waals surface area contributed by atoms with Gasteiger partial charge < -0.3 is 16.0 Å². The van der Waals surface area contributed by atoms with Crippen LogP contribution in [-0.4, -0.2) is 42.5 Å². The SMILES string of the molecule is CCN(CC)CCNC1(C(N)=O)CCCCC1(C)C. The van der Waals surface area contributed by atoms with Crippen LogP contribution in [0.3, 0.4) is 0 Å². The van der Waals surface area contributed by atoms with Gasteiger partial charge in [-0.2, -0.15) is 0 Å². The third-order valence-corrected chi connectivity index (χ3v) is 4.93. The molecule has 1 aliphatic rings. The molecule has 1 fully saturated rings. The summed E-state index contributed by atoms with van der Waals surface area (Å²) in [7, 11) is 0. The summed E-state index contributed by atoms with van der Waals surface area (Å²) in [6, 6.07) is 0. The largest absolute Gasteiger partial charge is 0.368 e. The first-order valence-corrected chi connectivity index (χ1v) is 7.67. The Morgan fingerprint density at radius 2 is 1.79 bits per heavy atom. The molecule has 1 aliphatic carbocycles. The molecule has 1 amide bonds. The summed E-state index contributed by atoms with van der Waals surface area (Å²) < 4.78 is 0. The Balaban J connectivity index is 2.69. The number of primary amides is 1. The lowest BCUT2D eigenvalue weighted by atomic mass is 9.62. The van der Waals surface area contributed by atoms with Crippen molar-refractivity contribution >= 4 is 5.91 Å². The van der Waals surface area contributed by atoms with E-state index in [2.05, 4.69) is 37.9 Å². The van der Waals surface area contributed by atoms with Crippen LogP contribution in [0, 0.1) is 5.41 Å². The average Bonchev–Trinajstić information content (AvgIpc) is 2.36. The molecule has 0 aromatic heterocycles. The number of hydrogen-bond donors (Lipinski definition) is 2. The second-order valence-corrected chi connectivity index (χ2v) is 6.31. The molecule has 3 N–H and O–H groups in total. The normalized spacial score (nSPS) is 26.6. The van der Waals surface area contributed by atoms with Gasteiger partial charge in [-0.3, -0.25) is 4.79 Å². The van der Waals surface area contributed by atoms with Crippen molar-refractivity contribution < 1.29 is 4.79 Å². The molecule has 1 rings (SSSR count). The predicted molar refractivity (Wildman–Crippen MR) is 80.0 cm³/mol. The fraction of sp³-hybridized carbons (Fsp3) is 0.933. The van der Waals surface area contributed by atoms with E-state index in [0.717, 1.165) is 45.4 Å². The number of rotatable bonds is 7. The Bertz CT molecular complexity index is 300. The summed E-state index contributed by atoms with van der Waals surface area (Å²) in [4.78, 5) is 14.4. The summed E-state index contributed by atoms with van der Waals surface area (Å²) in [5.74, 6) is -0.184. The minimum absolute atomic E-state index is 0.0552. The molecule has 0 aromatic rings. The first-order valence-electron chi connectivity index (χ1n) is 7.67. The van der Waals surface area contributed by atoms with Crippen LogP contribution in [0.2, 0.25) is 0 Å². The highest BCUT2D eigenvalue weighted by Crippen LogP contribution is 2.43. The van der Waals surface area contributed by atoms with Crippen molar-refractivity contribution in [3.8, 4) is 0 Å². The molecule has 0 aromatic carbocycles. The van der Waals surface area contributed by atoms with Crippen LogP contribution in [0.25, 0.3) is 0 Å². The molecule has 1 saturated carbocycles. The summed E-state index contributed by atoms with van der Waals surface area (Å²) >= 11 is 0. The monoisotopic (exact) mass is 269 g/mol. The fourth-order valence-corrected chi connectivity index (χ4v) is 3.35. The molecule has 1 atom stereocenters. The van der Waals surface area contributed by atoms with Crippen LogP contribution in [0.4, 0.5) is 0 Å². The highest BCUT2D eigenvalue weighted by Gasteiger charge is 2.50. The summed E-state index contributed by atoms with van der Waals surface area (Å²) in [6.07, 6.45) is 4.21. The maximum atomic E-state index is 12.1. The van der Waals surface area contributed by atoms with Gasteiger partial charge in [0, 0.05) is 13.1 Å². The van der Waals surface area contributed by atoms with Crippen molar-refractivity contribution in [3.05, 3.63) is 0 Å². The van der Waals surface area contributed by atoms with Crippen molar-refractivity contribution in [1.82, 2.24) is 10.2 Å². The third kappa shape index (κ3) is 3.48. The van der Waals surface area contributed by atoms with Gasteiger partial charge in [0.05, 0.1) is 0 Å². The van der Waals surface area contributed by atoms with Crippen LogP contribution >= 0.6 is 0 Å². The van der Waals surface area contributed by atoms with Crippen LogP contribution < -0.4 is 11.1 Å². The number of carbonyl (C=O) groups excluding carboxylic acids is 1. The van der Waals surface area contributed by atoms with E-state index in [1.807, 2.05) is 0 Å². The average molecular weight is 269 g/mol. The van der Waals surface area contributed by atoms with Crippen LogP contribution in [0.15, 0.2) is 0 Å². The molecule has 0 bridgehead atoms. The van der Waals surface area contributed by atoms with Gasteiger partial charge >= 0.3 is 0 Å². The Hall–Kier alpha value is -0.610. The lowest BCUT2D eigenvalue weighted by molar-refractivity contribution is -0.131. The first-order chi connectivity index (χ1) is 8.89. The van der Waals surface area contributed by atoms with Crippen LogP contribution in [0.1, 0.15) is 53.4 Å². The number of amides is 1. The van der Waals surface area contributed by atoms with E-state index in [9.17, 15) is 4.79 Å². The molecule has 0 saturated heterocycles. The zero-order valence-corrected chi connectivity index (χ0v) is 13.1. The van der Waals surface area contributed by atoms with Crippen LogP contribution in [-0.2, 0) is 4.79 Å². The minimum atomic E-state index is -0.529. The van der Waals surface area contributed by atoms with Gasteiger partial charge in [0.2, 0.25) is 5.91 Å². The van der Waals surface area contributed by atoms with Crippen molar-refractivity contribution in [2.75, 3.05) is 26.2 Å². The molecule has 0 radical (unpaired) electrons. The zero-order valence-electron chi connectivity index (χ0n) is 13.1. The predicted octanol–water partition coefficient (Wildman–Crippen LogP) is 1.74. The molecule has 19 heavy (non-hydrogen) atoms. The summed E-state index contributed by atoms with van der Waals surface area (Å²) in [5, 5.41) is 3.51. The Labute approximate surface area is 118 Å². The maximum absolute atomic E-state index is 12.1. The summed E-state index contributed by atoms with van der Waals surface area (Å²) in [5.41, 5.74) is 5.16. The Morgan fingerprint density at radius 1 is 1.21 bits per heavy atom. The number of hydrogen-bond acceptors (Lipinski definition) is 3. The van der Waals surface area contributed by atoms with Gasteiger partial charge in [-0.1, -0.05) is 40.5 Å². The standard InChI is InChI=1S/C15H31N3O/c1-5-18(6-2)12-11-17-15(13(16)19)10-8-7-9-14(15,3)4/h17H,5-12H2,1-4H3,(H2,16,19). The van der Waals surface area contributed by atoms with E-state index >= 15 is 0 Å². The van der Waals surface area contributed by atoms with E-state index in [-0.39, 0.29) is 11.3 Å². The van der Waals surface area contributed by atoms with Gasteiger partial charge in [-0.05, 0) is 31.3 Å². The molecule has 1 unspecified atom stereocenters. The van der Waals surface area contributed by atoms with Crippen molar-refractivity contribution in [2.24, 2.45) is 11.1 Å². The molecule has 112 valence electrons. The second kappa shape index (κ2) is 6.71.